The molecular weight excluding hydrogens is 326 g/mol. The molecule has 1 fully saturated rings. The number of hydrogen-bond donors (Lipinski definition) is 1. The summed E-state index contributed by atoms with van der Waals surface area (Å²) in [7, 11) is 0. The second kappa shape index (κ2) is 5.73. The summed E-state index contributed by atoms with van der Waals surface area (Å²) in [6.45, 7) is 8.95. The topological polar surface area (TPSA) is 29.9 Å². The predicted octanol–water partition coefficient (Wildman–Crippen LogP) is 4.41. The van der Waals surface area contributed by atoms with Crippen LogP contribution in [0.4, 0.5) is 0 Å². The van der Waals surface area contributed by atoms with Gasteiger partial charge < -0.3 is 9.88 Å². The number of benzene rings is 1. The van der Waals surface area contributed by atoms with Crippen molar-refractivity contribution in [3.05, 3.63) is 28.5 Å². The van der Waals surface area contributed by atoms with Crippen LogP contribution in [0.5, 0.6) is 0 Å². The Kier molecular flexibility index (Phi) is 4.10. The maximum absolute atomic E-state index is 5.06. The highest BCUT2D eigenvalue weighted by molar-refractivity contribution is 9.10. The second-order valence-electron chi connectivity index (χ2n) is 6.49. The van der Waals surface area contributed by atoms with Gasteiger partial charge in [-0.15, -0.1) is 0 Å². The van der Waals surface area contributed by atoms with Crippen molar-refractivity contribution >= 4 is 27.0 Å². The molecule has 1 aromatic carbocycles. The number of halogens is 1. The van der Waals surface area contributed by atoms with E-state index in [-0.39, 0.29) is 5.41 Å². The maximum Gasteiger partial charge on any atom is 0.117 e. The zero-order valence-corrected chi connectivity index (χ0v) is 14.7. The molecule has 3 rings (SSSR count). The van der Waals surface area contributed by atoms with Crippen LogP contribution >= 0.6 is 15.9 Å². The predicted molar refractivity (Wildman–Crippen MR) is 91.9 cm³/mol. The Morgan fingerprint density at radius 3 is 2.86 bits per heavy atom. The standard InChI is InChI=1S/C17H24BrN3/c1-4-7-17(8-9-19-11-17)16-20-14-10-13(18)5-6-15(14)21(16)12(2)3/h5-6,10,12,19H,4,7-9,11H2,1-3H3. The van der Waals surface area contributed by atoms with E-state index in [1.54, 1.807) is 0 Å². The van der Waals surface area contributed by atoms with Crippen LogP contribution in [0.3, 0.4) is 0 Å². The smallest absolute Gasteiger partial charge is 0.117 e. The van der Waals surface area contributed by atoms with Crippen molar-refractivity contribution in [2.24, 2.45) is 0 Å². The lowest BCUT2D eigenvalue weighted by Gasteiger charge is -2.29. The maximum atomic E-state index is 5.06. The third-order valence-electron chi connectivity index (χ3n) is 4.61. The van der Waals surface area contributed by atoms with Gasteiger partial charge in [-0.05, 0) is 51.4 Å². The van der Waals surface area contributed by atoms with Gasteiger partial charge in [-0.25, -0.2) is 4.98 Å². The fraction of sp³-hybridized carbons (Fsp3) is 0.588. The number of nitrogens with zero attached hydrogens (tertiary/aromatic N) is 2. The third-order valence-corrected chi connectivity index (χ3v) is 5.11. The molecule has 2 aromatic rings. The summed E-state index contributed by atoms with van der Waals surface area (Å²) in [6.07, 6.45) is 3.60. The van der Waals surface area contributed by atoms with Crippen molar-refractivity contribution in [1.29, 1.82) is 0 Å². The summed E-state index contributed by atoms with van der Waals surface area (Å²) >= 11 is 3.57. The molecule has 1 atom stereocenters. The molecule has 0 amide bonds. The lowest BCUT2D eigenvalue weighted by molar-refractivity contribution is 0.376. The van der Waals surface area contributed by atoms with E-state index in [1.807, 2.05) is 0 Å². The van der Waals surface area contributed by atoms with E-state index in [2.05, 4.69) is 64.8 Å². The summed E-state index contributed by atoms with van der Waals surface area (Å²) < 4.78 is 3.55. The highest BCUT2D eigenvalue weighted by Crippen LogP contribution is 2.38. The van der Waals surface area contributed by atoms with Crippen molar-refractivity contribution in [3.8, 4) is 0 Å². The van der Waals surface area contributed by atoms with E-state index < -0.39 is 0 Å². The lowest BCUT2D eigenvalue weighted by Crippen LogP contribution is -2.33. The molecule has 21 heavy (non-hydrogen) atoms. The Balaban J connectivity index is 2.23. The first-order valence-electron chi connectivity index (χ1n) is 7.96. The molecule has 1 N–H and O–H groups in total. The molecule has 1 saturated heterocycles. The minimum Gasteiger partial charge on any atom is -0.325 e. The summed E-state index contributed by atoms with van der Waals surface area (Å²) in [5, 5.41) is 3.56. The summed E-state index contributed by atoms with van der Waals surface area (Å²) in [5.74, 6) is 1.28. The quantitative estimate of drug-likeness (QED) is 0.885. The molecule has 3 nitrogen and oxygen atoms in total. The molecule has 0 bridgehead atoms. The van der Waals surface area contributed by atoms with Crippen LogP contribution in [-0.4, -0.2) is 22.6 Å². The largest absolute Gasteiger partial charge is 0.325 e. The van der Waals surface area contributed by atoms with Crippen LogP contribution in [0.15, 0.2) is 22.7 Å². The summed E-state index contributed by atoms with van der Waals surface area (Å²) in [5.41, 5.74) is 2.56. The van der Waals surface area contributed by atoms with E-state index in [1.165, 1.54) is 30.6 Å². The molecule has 1 unspecified atom stereocenters. The summed E-state index contributed by atoms with van der Waals surface area (Å²) in [4.78, 5) is 5.06. The fourth-order valence-corrected chi connectivity index (χ4v) is 4.06. The molecule has 1 aliphatic heterocycles. The van der Waals surface area contributed by atoms with Crippen molar-refractivity contribution in [1.82, 2.24) is 14.9 Å². The van der Waals surface area contributed by atoms with E-state index in [0.717, 1.165) is 23.1 Å². The first-order chi connectivity index (χ1) is 10.1. The molecule has 1 aromatic heterocycles. The molecule has 0 spiro atoms. The average Bonchev–Trinajstić information content (AvgIpc) is 3.03. The number of nitrogens with one attached hydrogen (secondary N) is 1. The van der Waals surface area contributed by atoms with Crippen LogP contribution in [0, 0.1) is 0 Å². The van der Waals surface area contributed by atoms with Gasteiger partial charge in [-0.2, -0.15) is 0 Å². The van der Waals surface area contributed by atoms with Gasteiger partial charge in [0.25, 0.3) is 0 Å². The van der Waals surface area contributed by atoms with Crippen LogP contribution in [0.25, 0.3) is 11.0 Å². The van der Waals surface area contributed by atoms with Gasteiger partial charge in [0.05, 0.1) is 11.0 Å². The van der Waals surface area contributed by atoms with Crippen molar-refractivity contribution < 1.29 is 0 Å². The normalized spacial score (nSPS) is 22.5. The Morgan fingerprint density at radius 1 is 1.43 bits per heavy atom. The van der Waals surface area contributed by atoms with Crippen LogP contribution in [0.1, 0.15) is 51.9 Å². The Labute approximate surface area is 135 Å². The number of imidazole rings is 1. The third kappa shape index (κ3) is 2.53. The molecule has 1 aliphatic rings. The number of aromatic nitrogens is 2. The van der Waals surface area contributed by atoms with Gasteiger partial charge in [0.2, 0.25) is 0 Å². The van der Waals surface area contributed by atoms with Crippen LogP contribution < -0.4 is 5.32 Å². The van der Waals surface area contributed by atoms with Gasteiger partial charge in [-0.1, -0.05) is 29.3 Å². The minimum absolute atomic E-state index is 0.199. The zero-order chi connectivity index (χ0) is 15.0. The molecule has 0 saturated carbocycles. The monoisotopic (exact) mass is 349 g/mol. The summed E-state index contributed by atoms with van der Waals surface area (Å²) in [6, 6.07) is 6.88. The highest BCUT2D eigenvalue weighted by atomic mass is 79.9. The van der Waals surface area contributed by atoms with Gasteiger partial charge in [0.15, 0.2) is 0 Å². The van der Waals surface area contributed by atoms with Crippen LogP contribution in [-0.2, 0) is 5.41 Å². The van der Waals surface area contributed by atoms with Gasteiger partial charge >= 0.3 is 0 Å². The molecule has 0 radical (unpaired) electrons. The number of hydrogen-bond acceptors (Lipinski definition) is 2. The van der Waals surface area contributed by atoms with Crippen molar-refractivity contribution in [2.75, 3.05) is 13.1 Å². The first-order valence-corrected chi connectivity index (χ1v) is 8.75. The van der Waals surface area contributed by atoms with E-state index >= 15 is 0 Å². The molecule has 4 heteroatoms. The Bertz CT molecular complexity index is 639. The zero-order valence-electron chi connectivity index (χ0n) is 13.1. The van der Waals surface area contributed by atoms with Crippen molar-refractivity contribution in [3.63, 3.8) is 0 Å². The van der Waals surface area contributed by atoms with Gasteiger partial charge in [0, 0.05) is 22.5 Å². The Morgan fingerprint density at radius 2 is 2.24 bits per heavy atom. The molecule has 0 aliphatic carbocycles. The Hall–Kier alpha value is -0.870. The number of fused-ring (bicyclic) bond motifs is 1. The first kappa shape index (κ1) is 15.0. The molecule has 2 heterocycles. The minimum atomic E-state index is 0.199. The number of rotatable bonds is 4. The van der Waals surface area contributed by atoms with Gasteiger partial charge in [-0.3, -0.25) is 0 Å². The van der Waals surface area contributed by atoms with Gasteiger partial charge in [0.1, 0.15) is 5.82 Å². The lowest BCUT2D eigenvalue weighted by atomic mass is 9.81. The van der Waals surface area contributed by atoms with Crippen molar-refractivity contribution in [2.45, 2.75) is 51.5 Å². The van der Waals surface area contributed by atoms with E-state index in [9.17, 15) is 0 Å². The molecular formula is C17H24BrN3. The SMILES string of the molecule is CCCC1(c2nc3cc(Br)ccc3n2C(C)C)CCNC1. The average molecular weight is 350 g/mol. The van der Waals surface area contributed by atoms with Crippen LogP contribution in [0.2, 0.25) is 0 Å². The highest BCUT2D eigenvalue weighted by Gasteiger charge is 2.39. The fourth-order valence-electron chi connectivity index (χ4n) is 3.71. The van der Waals surface area contributed by atoms with E-state index in [4.69, 9.17) is 4.98 Å². The second-order valence-corrected chi connectivity index (χ2v) is 7.40. The van der Waals surface area contributed by atoms with E-state index in [0.29, 0.717) is 6.04 Å². The molecule has 114 valence electrons.